The van der Waals surface area contributed by atoms with Crippen LogP contribution in [-0.4, -0.2) is 38.3 Å². The number of hydrogen-bond donors (Lipinski definition) is 1. The van der Waals surface area contributed by atoms with E-state index in [9.17, 15) is 13.2 Å². The van der Waals surface area contributed by atoms with Crippen LogP contribution in [0.1, 0.15) is 50.3 Å². The Morgan fingerprint density at radius 2 is 1.67 bits per heavy atom. The molecule has 0 aromatic heterocycles. The molecule has 162 valence electrons. The molecule has 7 heteroatoms. The number of rotatable bonds is 8. The minimum absolute atomic E-state index is 0.108. The molecule has 0 bridgehead atoms. The Bertz CT molecular complexity index is 934. The fraction of sp³-hybridized carbons (Fsp3) is 0.435. The van der Waals surface area contributed by atoms with Crippen molar-refractivity contribution in [1.82, 2.24) is 9.62 Å². The molecule has 1 fully saturated rings. The van der Waals surface area contributed by atoms with E-state index in [1.165, 1.54) is 0 Å². The van der Waals surface area contributed by atoms with Gasteiger partial charge in [0.25, 0.3) is 0 Å². The van der Waals surface area contributed by atoms with Gasteiger partial charge in [-0.25, -0.2) is 8.42 Å². The van der Waals surface area contributed by atoms with Crippen molar-refractivity contribution < 1.29 is 17.9 Å². The molecule has 0 saturated carbocycles. The van der Waals surface area contributed by atoms with Crippen LogP contribution in [0.5, 0.6) is 5.75 Å². The van der Waals surface area contributed by atoms with Gasteiger partial charge in [-0.05, 0) is 62.1 Å². The topological polar surface area (TPSA) is 75.7 Å². The molecule has 1 N–H and O–H groups in total. The van der Waals surface area contributed by atoms with E-state index < -0.39 is 10.0 Å². The molecule has 0 spiro atoms. The SMILES string of the molecule is CCOc1ccc(C(C)NC(=O)Cc2ccc(S(=O)(=O)N3CCCCC3)cc2)cc1. The van der Waals surface area contributed by atoms with Crippen LogP contribution in [0.15, 0.2) is 53.4 Å². The molecule has 1 unspecified atom stereocenters. The quantitative estimate of drug-likeness (QED) is 0.693. The lowest BCUT2D eigenvalue weighted by Gasteiger charge is -2.25. The molecule has 3 rings (SSSR count). The number of hydrogen-bond acceptors (Lipinski definition) is 4. The Hall–Kier alpha value is -2.38. The first-order chi connectivity index (χ1) is 14.4. The predicted molar refractivity (Wildman–Crippen MR) is 117 cm³/mol. The van der Waals surface area contributed by atoms with Crippen molar-refractivity contribution in [1.29, 1.82) is 0 Å². The van der Waals surface area contributed by atoms with Crippen molar-refractivity contribution in [3.63, 3.8) is 0 Å². The third-order valence-corrected chi connectivity index (χ3v) is 7.22. The van der Waals surface area contributed by atoms with Gasteiger partial charge in [0.1, 0.15) is 5.75 Å². The monoisotopic (exact) mass is 430 g/mol. The zero-order chi connectivity index (χ0) is 21.6. The Labute approximate surface area is 179 Å². The van der Waals surface area contributed by atoms with Gasteiger partial charge in [0.05, 0.1) is 24.0 Å². The van der Waals surface area contributed by atoms with Crippen LogP contribution in [0.2, 0.25) is 0 Å². The van der Waals surface area contributed by atoms with Crippen LogP contribution < -0.4 is 10.1 Å². The van der Waals surface area contributed by atoms with Gasteiger partial charge in [0.2, 0.25) is 15.9 Å². The highest BCUT2D eigenvalue weighted by Crippen LogP contribution is 2.21. The summed E-state index contributed by atoms with van der Waals surface area (Å²) in [5.41, 5.74) is 1.78. The van der Waals surface area contributed by atoms with Gasteiger partial charge in [0, 0.05) is 13.1 Å². The highest BCUT2D eigenvalue weighted by atomic mass is 32.2. The lowest BCUT2D eigenvalue weighted by atomic mass is 10.1. The molecule has 0 radical (unpaired) electrons. The van der Waals surface area contributed by atoms with Crippen molar-refractivity contribution in [2.45, 2.75) is 50.5 Å². The first kappa shape index (κ1) is 22.3. The summed E-state index contributed by atoms with van der Waals surface area (Å²) in [7, 11) is -3.45. The first-order valence-corrected chi connectivity index (χ1v) is 12.0. The molecule has 1 saturated heterocycles. The fourth-order valence-corrected chi connectivity index (χ4v) is 5.13. The number of amides is 1. The summed E-state index contributed by atoms with van der Waals surface area (Å²) in [6.45, 7) is 5.64. The summed E-state index contributed by atoms with van der Waals surface area (Å²) < 4.78 is 32.4. The highest BCUT2D eigenvalue weighted by Gasteiger charge is 2.25. The summed E-state index contributed by atoms with van der Waals surface area (Å²) in [4.78, 5) is 12.7. The van der Waals surface area contributed by atoms with Gasteiger partial charge in [-0.2, -0.15) is 4.31 Å². The van der Waals surface area contributed by atoms with E-state index in [4.69, 9.17) is 4.74 Å². The van der Waals surface area contributed by atoms with Crippen molar-refractivity contribution in [3.05, 3.63) is 59.7 Å². The van der Waals surface area contributed by atoms with Gasteiger partial charge in [-0.15, -0.1) is 0 Å². The Kier molecular flexibility index (Phi) is 7.50. The maximum atomic E-state index is 12.7. The van der Waals surface area contributed by atoms with Crippen LogP contribution in [0.25, 0.3) is 0 Å². The lowest BCUT2D eigenvalue weighted by Crippen LogP contribution is -2.35. The van der Waals surface area contributed by atoms with E-state index in [1.54, 1.807) is 28.6 Å². The van der Waals surface area contributed by atoms with Crippen molar-refractivity contribution >= 4 is 15.9 Å². The number of carbonyl (C=O) groups excluding carboxylic acids is 1. The van der Waals surface area contributed by atoms with Crippen LogP contribution in [0.3, 0.4) is 0 Å². The molecule has 0 aliphatic carbocycles. The first-order valence-electron chi connectivity index (χ1n) is 10.5. The van der Waals surface area contributed by atoms with Gasteiger partial charge in [0.15, 0.2) is 0 Å². The molecular weight excluding hydrogens is 400 g/mol. The second-order valence-corrected chi connectivity index (χ2v) is 9.51. The smallest absolute Gasteiger partial charge is 0.243 e. The number of carbonyl (C=O) groups is 1. The number of piperidine rings is 1. The molecule has 1 atom stereocenters. The summed E-state index contributed by atoms with van der Waals surface area (Å²) in [6.07, 6.45) is 3.09. The van der Waals surface area contributed by atoms with E-state index >= 15 is 0 Å². The van der Waals surface area contributed by atoms with Gasteiger partial charge in [-0.3, -0.25) is 4.79 Å². The summed E-state index contributed by atoms with van der Waals surface area (Å²) in [5.74, 6) is 0.697. The van der Waals surface area contributed by atoms with Crippen LogP contribution in [0.4, 0.5) is 0 Å². The summed E-state index contributed by atoms with van der Waals surface area (Å²) >= 11 is 0. The molecule has 1 heterocycles. The third-order valence-electron chi connectivity index (χ3n) is 5.31. The molecule has 2 aromatic rings. The lowest BCUT2D eigenvalue weighted by molar-refractivity contribution is -0.121. The normalized spacial score (nSPS) is 16.1. The van der Waals surface area contributed by atoms with Gasteiger partial charge >= 0.3 is 0 Å². The van der Waals surface area contributed by atoms with E-state index in [1.807, 2.05) is 38.1 Å². The molecular formula is C23H30N2O4S. The van der Waals surface area contributed by atoms with Crippen molar-refractivity contribution in [3.8, 4) is 5.75 Å². The molecule has 1 aliphatic heterocycles. The predicted octanol–water partition coefficient (Wildman–Crippen LogP) is 3.68. The van der Waals surface area contributed by atoms with E-state index in [0.717, 1.165) is 36.1 Å². The van der Waals surface area contributed by atoms with Crippen LogP contribution in [-0.2, 0) is 21.2 Å². The average Bonchev–Trinajstić information content (AvgIpc) is 2.75. The third kappa shape index (κ3) is 5.61. The number of nitrogens with one attached hydrogen (secondary N) is 1. The maximum Gasteiger partial charge on any atom is 0.243 e. The Morgan fingerprint density at radius 1 is 1.03 bits per heavy atom. The summed E-state index contributed by atoms with van der Waals surface area (Å²) in [6, 6.07) is 14.2. The standard InChI is InChI=1S/C23H30N2O4S/c1-3-29-21-11-9-20(10-12-21)18(2)24-23(26)17-19-7-13-22(14-8-19)30(27,28)25-15-5-4-6-16-25/h7-14,18H,3-6,15-17H2,1-2H3,(H,24,26). The highest BCUT2D eigenvalue weighted by molar-refractivity contribution is 7.89. The molecule has 30 heavy (non-hydrogen) atoms. The van der Waals surface area contributed by atoms with E-state index in [2.05, 4.69) is 5.32 Å². The number of benzene rings is 2. The number of nitrogens with zero attached hydrogens (tertiary/aromatic N) is 1. The number of sulfonamides is 1. The minimum Gasteiger partial charge on any atom is -0.494 e. The molecule has 1 amide bonds. The largest absolute Gasteiger partial charge is 0.494 e. The zero-order valence-corrected chi connectivity index (χ0v) is 18.5. The minimum atomic E-state index is -3.45. The van der Waals surface area contributed by atoms with Crippen LogP contribution >= 0.6 is 0 Å². The molecule has 2 aromatic carbocycles. The summed E-state index contributed by atoms with van der Waals surface area (Å²) in [5, 5.41) is 2.99. The molecule has 1 aliphatic rings. The fourth-order valence-electron chi connectivity index (χ4n) is 3.61. The second kappa shape index (κ2) is 10.1. The Balaban J connectivity index is 1.57. The maximum absolute atomic E-state index is 12.7. The van der Waals surface area contributed by atoms with E-state index in [-0.39, 0.29) is 23.3 Å². The molecule has 6 nitrogen and oxygen atoms in total. The van der Waals surface area contributed by atoms with Crippen LogP contribution in [0, 0.1) is 0 Å². The zero-order valence-electron chi connectivity index (χ0n) is 17.6. The Morgan fingerprint density at radius 3 is 2.27 bits per heavy atom. The average molecular weight is 431 g/mol. The number of ether oxygens (including phenoxy) is 1. The van der Waals surface area contributed by atoms with Gasteiger partial charge < -0.3 is 10.1 Å². The van der Waals surface area contributed by atoms with E-state index in [0.29, 0.717) is 19.7 Å². The van der Waals surface area contributed by atoms with Crippen molar-refractivity contribution in [2.75, 3.05) is 19.7 Å². The second-order valence-electron chi connectivity index (χ2n) is 7.58. The van der Waals surface area contributed by atoms with Crippen molar-refractivity contribution in [2.24, 2.45) is 0 Å². The van der Waals surface area contributed by atoms with Gasteiger partial charge in [-0.1, -0.05) is 30.7 Å².